The maximum absolute atomic E-state index is 11.7. The van der Waals surface area contributed by atoms with Crippen LogP contribution in [0.15, 0.2) is 79.0 Å². The van der Waals surface area contributed by atoms with Gasteiger partial charge in [-0.05, 0) is 17.2 Å². The van der Waals surface area contributed by atoms with E-state index >= 15 is 0 Å². The number of rotatable bonds is 9. The fraction of sp³-hybridized carbons (Fsp3) is 0.0909. The van der Waals surface area contributed by atoms with Crippen molar-refractivity contribution in [1.82, 2.24) is 0 Å². The molecule has 3 aromatic rings. The number of benzene rings is 3. The molecule has 30 heavy (non-hydrogen) atoms. The highest BCUT2D eigenvalue weighted by Gasteiger charge is 2.23. The average Bonchev–Trinajstić information content (AvgIpc) is 2.75. The Morgan fingerprint density at radius 2 is 1.37 bits per heavy atom. The van der Waals surface area contributed by atoms with Gasteiger partial charge < -0.3 is 9.47 Å². The molecule has 3 rings (SSSR count). The van der Waals surface area contributed by atoms with Gasteiger partial charge in [-0.25, -0.2) is 0 Å². The topological polar surface area (TPSA) is 105 Å². The Bertz CT molecular complexity index is 1050. The van der Waals surface area contributed by atoms with Crippen molar-refractivity contribution >= 4 is 11.8 Å². The van der Waals surface area contributed by atoms with Gasteiger partial charge in [-0.15, -0.1) is 0 Å². The summed E-state index contributed by atoms with van der Waals surface area (Å²) in [5.74, 6) is 0.271. The molecule has 0 bridgehead atoms. The molecule has 0 N–H and O–H groups in total. The minimum atomic E-state index is -0.689. The van der Waals surface area contributed by atoms with Gasteiger partial charge in [0.25, 0.3) is 0 Å². The molecule has 0 saturated carbocycles. The molecule has 0 atom stereocenters. The predicted molar refractivity (Wildman–Crippen MR) is 111 cm³/mol. The fourth-order valence-corrected chi connectivity index (χ4v) is 2.74. The van der Waals surface area contributed by atoms with Crippen molar-refractivity contribution in [2.24, 2.45) is 0 Å². The Balaban J connectivity index is 1.94. The third-order valence-corrected chi connectivity index (χ3v) is 4.12. The number of nitro benzene ring substituents is 1. The molecule has 0 spiro atoms. The Labute approximate surface area is 172 Å². The van der Waals surface area contributed by atoms with E-state index in [0.29, 0.717) is 11.9 Å². The molecule has 0 aliphatic heterocycles. The first-order chi connectivity index (χ1) is 14.5. The van der Waals surface area contributed by atoms with E-state index in [0.717, 1.165) is 17.2 Å². The van der Waals surface area contributed by atoms with Gasteiger partial charge in [-0.1, -0.05) is 60.7 Å². The molecule has 8 nitrogen and oxygen atoms in total. The summed E-state index contributed by atoms with van der Waals surface area (Å²) in [7, 11) is 0. The molecule has 0 aliphatic carbocycles. The van der Waals surface area contributed by atoms with Gasteiger partial charge in [0.05, 0.1) is 15.4 Å². The lowest BCUT2D eigenvalue weighted by molar-refractivity contribution is -0.401. The Morgan fingerprint density at radius 1 is 0.800 bits per heavy atom. The van der Waals surface area contributed by atoms with Gasteiger partial charge in [0.15, 0.2) is 0 Å². The second-order valence-corrected chi connectivity index (χ2v) is 6.27. The standard InChI is InChI=1S/C22H18N2O6/c25-23(26)12-11-19-13-20(29-15-17-7-3-1-4-8-17)14-21(22(19)24(27)28)30-16-18-9-5-2-6-10-18/h1-14H,15-16H2/b12-11+. The molecule has 152 valence electrons. The van der Waals surface area contributed by atoms with Crippen LogP contribution in [0.5, 0.6) is 11.5 Å². The zero-order chi connectivity index (χ0) is 21.3. The Hall–Kier alpha value is -4.20. The summed E-state index contributed by atoms with van der Waals surface area (Å²) < 4.78 is 11.5. The molecule has 0 aliphatic rings. The van der Waals surface area contributed by atoms with Gasteiger partial charge in [0.2, 0.25) is 11.9 Å². The van der Waals surface area contributed by atoms with Crippen LogP contribution < -0.4 is 9.47 Å². The van der Waals surface area contributed by atoms with Crippen molar-refractivity contribution in [1.29, 1.82) is 0 Å². The van der Waals surface area contributed by atoms with E-state index in [2.05, 4.69) is 0 Å². The summed E-state index contributed by atoms with van der Waals surface area (Å²) >= 11 is 0. The van der Waals surface area contributed by atoms with E-state index in [4.69, 9.17) is 9.47 Å². The molecule has 0 amide bonds. The first kappa shape index (κ1) is 20.5. The first-order valence-electron chi connectivity index (χ1n) is 9.00. The van der Waals surface area contributed by atoms with Gasteiger partial charge >= 0.3 is 5.69 Å². The summed E-state index contributed by atoms with van der Waals surface area (Å²) in [6.07, 6.45) is 1.70. The summed E-state index contributed by atoms with van der Waals surface area (Å²) in [5.41, 5.74) is 1.39. The van der Waals surface area contributed by atoms with E-state index in [-0.39, 0.29) is 30.2 Å². The van der Waals surface area contributed by atoms with Crippen molar-refractivity contribution in [3.63, 3.8) is 0 Å². The van der Waals surface area contributed by atoms with Gasteiger partial charge in [0, 0.05) is 12.1 Å². The lowest BCUT2D eigenvalue weighted by Crippen LogP contribution is -2.03. The summed E-state index contributed by atoms with van der Waals surface area (Å²) in [4.78, 5) is 21.1. The molecule has 3 aromatic carbocycles. The normalized spacial score (nSPS) is 10.7. The molecule has 0 fully saturated rings. The van der Waals surface area contributed by atoms with Crippen molar-refractivity contribution in [2.45, 2.75) is 13.2 Å². The average molecular weight is 406 g/mol. The van der Waals surface area contributed by atoms with Crippen LogP contribution in [-0.4, -0.2) is 9.85 Å². The number of hydrogen-bond acceptors (Lipinski definition) is 6. The molecule has 0 heterocycles. The molecular formula is C22H18N2O6. The van der Waals surface area contributed by atoms with Crippen molar-refractivity contribution in [3.8, 4) is 11.5 Å². The first-order valence-corrected chi connectivity index (χ1v) is 9.00. The Kier molecular flexibility index (Phi) is 6.73. The second-order valence-electron chi connectivity index (χ2n) is 6.27. The second kappa shape index (κ2) is 9.83. The van der Waals surface area contributed by atoms with Crippen LogP contribution in [0, 0.1) is 20.2 Å². The van der Waals surface area contributed by atoms with Crippen molar-refractivity contribution in [2.75, 3.05) is 0 Å². The number of ether oxygens (including phenoxy) is 2. The van der Waals surface area contributed by atoms with E-state index in [1.54, 1.807) is 0 Å². The van der Waals surface area contributed by atoms with E-state index in [1.165, 1.54) is 12.1 Å². The lowest BCUT2D eigenvalue weighted by Gasteiger charge is -2.12. The van der Waals surface area contributed by atoms with E-state index in [1.807, 2.05) is 60.7 Å². The van der Waals surface area contributed by atoms with Crippen molar-refractivity contribution in [3.05, 3.63) is 116 Å². The Morgan fingerprint density at radius 3 is 1.90 bits per heavy atom. The van der Waals surface area contributed by atoms with E-state index < -0.39 is 9.85 Å². The monoisotopic (exact) mass is 406 g/mol. The van der Waals surface area contributed by atoms with E-state index in [9.17, 15) is 20.2 Å². The largest absolute Gasteiger partial charge is 0.489 e. The zero-order valence-corrected chi connectivity index (χ0v) is 15.8. The minimum absolute atomic E-state index is 0.0188. The third-order valence-electron chi connectivity index (χ3n) is 4.12. The smallest absolute Gasteiger partial charge is 0.318 e. The highest BCUT2D eigenvalue weighted by molar-refractivity contribution is 5.68. The summed E-state index contributed by atoms with van der Waals surface area (Å²) in [6.45, 7) is 0.331. The van der Waals surface area contributed by atoms with Crippen LogP contribution in [-0.2, 0) is 13.2 Å². The fourth-order valence-electron chi connectivity index (χ4n) is 2.74. The molecule has 0 aromatic heterocycles. The quantitative estimate of drug-likeness (QED) is 0.366. The van der Waals surface area contributed by atoms with Crippen LogP contribution in [0.4, 0.5) is 5.69 Å². The van der Waals surface area contributed by atoms with Crippen LogP contribution in [0.25, 0.3) is 6.08 Å². The van der Waals surface area contributed by atoms with Crippen molar-refractivity contribution < 1.29 is 19.3 Å². The predicted octanol–water partition coefficient (Wildman–Crippen LogP) is 5.00. The van der Waals surface area contributed by atoms with Crippen LogP contribution in [0.2, 0.25) is 0 Å². The summed E-state index contributed by atoms with van der Waals surface area (Å²) in [6, 6.07) is 21.4. The van der Waals surface area contributed by atoms with Crippen LogP contribution in [0.1, 0.15) is 16.7 Å². The highest BCUT2D eigenvalue weighted by Crippen LogP contribution is 2.37. The molecule has 0 radical (unpaired) electrons. The highest BCUT2D eigenvalue weighted by atomic mass is 16.6. The van der Waals surface area contributed by atoms with Gasteiger partial charge in [0.1, 0.15) is 19.0 Å². The number of nitrogens with zero attached hydrogens (tertiary/aromatic N) is 2. The third kappa shape index (κ3) is 5.65. The molecular weight excluding hydrogens is 388 g/mol. The number of hydrogen-bond donors (Lipinski definition) is 0. The molecule has 8 heteroatoms. The van der Waals surface area contributed by atoms with Gasteiger partial charge in [-0.3, -0.25) is 20.2 Å². The molecule has 0 unspecified atom stereocenters. The maximum Gasteiger partial charge on any atom is 0.318 e. The lowest BCUT2D eigenvalue weighted by atomic mass is 10.1. The summed E-state index contributed by atoms with van der Waals surface area (Å²) in [5, 5.41) is 22.4. The maximum atomic E-state index is 11.7. The van der Waals surface area contributed by atoms with Gasteiger partial charge in [-0.2, -0.15) is 0 Å². The SMILES string of the molecule is O=[N+]([O-])/C=C/c1cc(OCc2ccccc2)cc(OCc2ccccc2)c1[N+](=O)[O-]. The number of nitro groups is 2. The van der Waals surface area contributed by atoms with Crippen LogP contribution in [0.3, 0.4) is 0 Å². The molecule has 0 saturated heterocycles. The minimum Gasteiger partial charge on any atom is -0.489 e. The zero-order valence-electron chi connectivity index (χ0n) is 15.8. The van der Waals surface area contributed by atoms with Crippen LogP contribution >= 0.6 is 0 Å².